The van der Waals surface area contributed by atoms with Gasteiger partial charge in [-0.1, -0.05) is 32.9 Å². The summed E-state index contributed by atoms with van der Waals surface area (Å²) in [6.45, 7) is 10.5. The SMILES string of the molecule is Cc1cc(C(C)(C)C)ccc1C(=O)C#CN1CCCC1. The molecule has 1 aliphatic heterocycles. The highest BCUT2D eigenvalue weighted by Crippen LogP contribution is 2.24. The van der Waals surface area contributed by atoms with E-state index in [1.807, 2.05) is 24.0 Å². The van der Waals surface area contributed by atoms with E-state index in [0.29, 0.717) is 0 Å². The van der Waals surface area contributed by atoms with Gasteiger partial charge in [0.1, 0.15) is 0 Å². The molecule has 1 heterocycles. The largest absolute Gasteiger partial charge is 0.332 e. The standard InChI is InChI=1S/C18H23NO/c1-14-13-15(18(2,3)4)7-8-16(14)17(20)9-12-19-10-5-6-11-19/h7-8,13H,5-6,10-11H2,1-4H3. The van der Waals surface area contributed by atoms with Gasteiger partial charge in [-0.05, 0) is 48.3 Å². The van der Waals surface area contributed by atoms with Gasteiger partial charge >= 0.3 is 0 Å². The van der Waals surface area contributed by atoms with E-state index < -0.39 is 0 Å². The Morgan fingerprint density at radius 1 is 1.20 bits per heavy atom. The summed E-state index contributed by atoms with van der Waals surface area (Å²) in [5.41, 5.74) is 3.09. The number of ketones is 1. The summed E-state index contributed by atoms with van der Waals surface area (Å²) in [6, 6.07) is 9.04. The number of likely N-dealkylation sites (tertiary alicyclic amines) is 1. The molecule has 0 spiro atoms. The van der Waals surface area contributed by atoms with Crippen molar-refractivity contribution in [3.63, 3.8) is 0 Å². The maximum absolute atomic E-state index is 12.2. The minimum Gasteiger partial charge on any atom is -0.332 e. The van der Waals surface area contributed by atoms with Crippen LogP contribution in [-0.2, 0) is 5.41 Å². The van der Waals surface area contributed by atoms with Crippen LogP contribution in [0.3, 0.4) is 0 Å². The Morgan fingerprint density at radius 3 is 2.40 bits per heavy atom. The maximum atomic E-state index is 12.2. The highest BCUT2D eigenvalue weighted by Gasteiger charge is 2.16. The molecule has 2 heteroatoms. The fourth-order valence-electron chi connectivity index (χ4n) is 2.41. The van der Waals surface area contributed by atoms with Crippen LogP contribution in [0.2, 0.25) is 0 Å². The first-order valence-electron chi connectivity index (χ1n) is 7.30. The van der Waals surface area contributed by atoms with Crippen LogP contribution in [0.1, 0.15) is 55.1 Å². The zero-order valence-corrected chi connectivity index (χ0v) is 12.9. The zero-order valence-electron chi connectivity index (χ0n) is 12.9. The van der Waals surface area contributed by atoms with Crippen molar-refractivity contribution in [3.8, 4) is 12.0 Å². The average molecular weight is 269 g/mol. The molecule has 2 nitrogen and oxygen atoms in total. The van der Waals surface area contributed by atoms with E-state index in [9.17, 15) is 4.79 Å². The van der Waals surface area contributed by atoms with Gasteiger partial charge in [0.2, 0.25) is 5.78 Å². The number of carbonyl (C=O) groups is 1. The summed E-state index contributed by atoms with van der Waals surface area (Å²) in [5.74, 6) is 2.70. The summed E-state index contributed by atoms with van der Waals surface area (Å²) < 4.78 is 0. The van der Waals surface area contributed by atoms with E-state index in [0.717, 1.165) is 24.2 Å². The zero-order chi connectivity index (χ0) is 14.8. The number of hydrogen-bond donors (Lipinski definition) is 0. The molecule has 20 heavy (non-hydrogen) atoms. The average Bonchev–Trinajstić information content (AvgIpc) is 2.87. The molecule has 1 fully saturated rings. The Hall–Kier alpha value is -1.75. The Balaban J connectivity index is 2.18. The van der Waals surface area contributed by atoms with Crippen molar-refractivity contribution >= 4 is 5.78 Å². The topological polar surface area (TPSA) is 20.3 Å². The third-order valence-corrected chi connectivity index (χ3v) is 3.77. The van der Waals surface area contributed by atoms with Crippen molar-refractivity contribution < 1.29 is 4.79 Å². The van der Waals surface area contributed by atoms with Crippen molar-refractivity contribution in [1.29, 1.82) is 0 Å². The predicted octanol–water partition coefficient (Wildman–Crippen LogP) is 3.53. The lowest BCUT2D eigenvalue weighted by atomic mass is 9.85. The molecule has 0 atom stereocenters. The molecular formula is C18H23NO. The molecule has 1 aromatic rings. The lowest BCUT2D eigenvalue weighted by Gasteiger charge is -2.20. The van der Waals surface area contributed by atoms with Gasteiger partial charge in [-0.15, -0.1) is 0 Å². The van der Waals surface area contributed by atoms with Crippen LogP contribution in [0.4, 0.5) is 0 Å². The second-order valence-corrected chi connectivity index (χ2v) is 6.54. The van der Waals surface area contributed by atoms with Crippen LogP contribution in [0.5, 0.6) is 0 Å². The summed E-state index contributed by atoms with van der Waals surface area (Å²) in [4.78, 5) is 14.2. The third kappa shape index (κ3) is 3.42. The molecule has 0 amide bonds. The summed E-state index contributed by atoms with van der Waals surface area (Å²) >= 11 is 0. The van der Waals surface area contributed by atoms with E-state index in [1.165, 1.54) is 18.4 Å². The first-order chi connectivity index (χ1) is 9.38. The van der Waals surface area contributed by atoms with Crippen molar-refractivity contribution in [1.82, 2.24) is 4.90 Å². The molecule has 0 aromatic heterocycles. The molecule has 0 unspecified atom stereocenters. The normalized spacial score (nSPS) is 14.9. The van der Waals surface area contributed by atoms with Gasteiger partial charge in [-0.3, -0.25) is 4.79 Å². The number of nitrogens with zero attached hydrogens (tertiary/aromatic N) is 1. The molecule has 1 aliphatic rings. The van der Waals surface area contributed by atoms with Crippen LogP contribution in [-0.4, -0.2) is 23.8 Å². The molecule has 0 bridgehead atoms. The minimum absolute atomic E-state index is 0.0742. The number of benzene rings is 1. The number of aryl methyl sites for hydroxylation is 1. The first-order valence-corrected chi connectivity index (χ1v) is 7.30. The number of Topliss-reactive ketones (excluding diaryl/α,β-unsaturated/α-hetero) is 1. The smallest absolute Gasteiger partial charge is 0.237 e. The summed E-state index contributed by atoms with van der Waals surface area (Å²) in [7, 11) is 0. The molecule has 1 aromatic carbocycles. The second-order valence-electron chi connectivity index (χ2n) is 6.54. The highest BCUT2D eigenvalue weighted by molar-refractivity contribution is 6.09. The van der Waals surface area contributed by atoms with Gasteiger partial charge < -0.3 is 4.90 Å². The van der Waals surface area contributed by atoms with Gasteiger partial charge in [-0.2, -0.15) is 0 Å². The molecule has 0 N–H and O–H groups in total. The second kappa shape index (κ2) is 5.71. The lowest BCUT2D eigenvalue weighted by Crippen LogP contribution is -2.13. The predicted molar refractivity (Wildman–Crippen MR) is 82.8 cm³/mol. The molecule has 106 valence electrons. The van der Waals surface area contributed by atoms with Crippen LogP contribution < -0.4 is 0 Å². The van der Waals surface area contributed by atoms with Crippen molar-refractivity contribution in [2.24, 2.45) is 0 Å². The Morgan fingerprint density at radius 2 is 1.85 bits per heavy atom. The first kappa shape index (κ1) is 14.7. The molecule has 0 saturated carbocycles. The van der Waals surface area contributed by atoms with Gasteiger partial charge in [-0.25, -0.2) is 0 Å². The maximum Gasteiger partial charge on any atom is 0.237 e. The highest BCUT2D eigenvalue weighted by atomic mass is 16.1. The van der Waals surface area contributed by atoms with Gasteiger partial charge in [0.05, 0.1) is 0 Å². The van der Waals surface area contributed by atoms with E-state index >= 15 is 0 Å². The summed E-state index contributed by atoms with van der Waals surface area (Å²) in [6.07, 6.45) is 2.37. The van der Waals surface area contributed by atoms with Crippen LogP contribution in [0.15, 0.2) is 18.2 Å². The van der Waals surface area contributed by atoms with E-state index in [-0.39, 0.29) is 11.2 Å². The van der Waals surface area contributed by atoms with E-state index in [2.05, 4.69) is 38.8 Å². The summed E-state index contributed by atoms with van der Waals surface area (Å²) in [5, 5.41) is 0. The number of rotatable bonds is 1. The van der Waals surface area contributed by atoms with Gasteiger partial charge in [0.15, 0.2) is 0 Å². The molecule has 1 saturated heterocycles. The van der Waals surface area contributed by atoms with Crippen LogP contribution >= 0.6 is 0 Å². The molecule has 0 aliphatic carbocycles. The Labute approximate surface area is 122 Å². The molecular weight excluding hydrogens is 246 g/mol. The van der Waals surface area contributed by atoms with E-state index in [4.69, 9.17) is 0 Å². The van der Waals surface area contributed by atoms with Crippen LogP contribution in [0, 0.1) is 18.9 Å². The Kier molecular flexibility index (Phi) is 4.18. The lowest BCUT2D eigenvalue weighted by molar-refractivity contribution is 0.105. The third-order valence-electron chi connectivity index (χ3n) is 3.77. The van der Waals surface area contributed by atoms with E-state index in [1.54, 1.807) is 0 Å². The monoisotopic (exact) mass is 269 g/mol. The fraction of sp³-hybridized carbons (Fsp3) is 0.500. The molecule has 2 rings (SSSR count). The minimum atomic E-state index is -0.0742. The Bertz CT molecular complexity index is 563. The van der Waals surface area contributed by atoms with Crippen molar-refractivity contribution in [2.45, 2.75) is 46.0 Å². The van der Waals surface area contributed by atoms with Crippen molar-refractivity contribution in [3.05, 3.63) is 34.9 Å². The van der Waals surface area contributed by atoms with Gasteiger partial charge in [0, 0.05) is 24.7 Å². The molecule has 0 radical (unpaired) electrons. The van der Waals surface area contributed by atoms with Crippen LogP contribution in [0.25, 0.3) is 0 Å². The van der Waals surface area contributed by atoms with Gasteiger partial charge in [0.25, 0.3) is 0 Å². The van der Waals surface area contributed by atoms with Crippen molar-refractivity contribution in [2.75, 3.05) is 13.1 Å². The number of hydrogen-bond acceptors (Lipinski definition) is 2. The number of carbonyl (C=O) groups excluding carboxylic acids is 1. The quantitative estimate of drug-likeness (QED) is 0.574. The fourth-order valence-corrected chi connectivity index (χ4v) is 2.41.